The molecule has 8 heteroatoms. The highest BCUT2D eigenvalue weighted by molar-refractivity contribution is 6.30. The van der Waals surface area contributed by atoms with E-state index in [2.05, 4.69) is 10.6 Å². The standard InChI is InChI=1S/C18H16ClF3N2O2/c1-11(25)12-2-5-14(6-3-12)23-9-8-17(26)24-16-7-4-13(19)10-15(16)18(20,21)22/h2-7,10,23H,8-9H2,1H3,(H,24,26). The van der Waals surface area contributed by atoms with Crippen molar-refractivity contribution in [3.63, 3.8) is 0 Å². The molecule has 2 aromatic carbocycles. The molecule has 0 atom stereocenters. The Balaban J connectivity index is 1.92. The van der Waals surface area contributed by atoms with E-state index in [4.69, 9.17) is 11.6 Å². The largest absolute Gasteiger partial charge is 0.418 e. The first-order valence-electron chi connectivity index (χ1n) is 7.68. The summed E-state index contributed by atoms with van der Waals surface area (Å²) in [5, 5.41) is 5.15. The van der Waals surface area contributed by atoms with E-state index in [-0.39, 0.29) is 29.5 Å². The molecule has 0 aliphatic heterocycles. The van der Waals surface area contributed by atoms with Gasteiger partial charge in [-0.2, -0.15) is 13.2 Å². The van der Waals surface area contributed by atoms with Crippen LogP contribution in [0.25, 0.3) is 0 Å². The molecule has 0 aliphatic rings. The van der Waals surface area contributed by atoms with E-state index in [0.29, 0.717) is 11.3 Å². The maximum atomic E-state index is 13.0. The number of benzene rings is 2. The summed E-state index contributed by atoms with van der Waals surface area (Å²) >= 11 is 5.60. The lowest BCUT2D eigenvalue weighted by molar-refractivity contribution is -0.137. The zero-order chi connectivity index (χ0) is 19.3. The Labute approximate surface area is 153 Å². The number of Topliss-reactive ketones (excluding diaryl/α,β-unsaturated/α-hetero) is 1. The predicted octanol–water partition coefficient (Wildman–Crippen LogP) is 5.00. The lowest BCUT2D eigenvalue weighted by atomic mass is 10.1. The van der Waals surface area contributed by atoms with Crippen molar-refractivity contribution in [2.45, 2.75) is 19.5 Å². The molecular weight excluding hydrogens is 369 g/mol. The molecule has 0 saturated carbocycles. The van der Waals surface area contributed by atoms with Gasteiger partial charge in [0.1, 0.15) is 0 Å². The molecule has 2 N–H and O–H groups in total. The monoisotopic (exact) mass is 384 g/mol. The summed E-state index contributed by atoms with van der Waals surface area (Å²) in [6.45, 7) is 1.68. The van der Waals surface area contributed by atoms with E-state index >= 15 is 0 Å². The van der Waals surface area contributed by atoms with Crippen molar-refractivity contribution in [2.75, 3.05) is 17.2 Å². The summed E-state index contributed by atoms with van der Waals surface area (Å²) in [5.74, 6) is -0.620. The van der Waals surface area contributed by atoms with Gasteiger partial charge < -0.3 is 10.6 Å². The Hall–Kier alpha value is -2.54. The molecule has 0 aromatic heterocycles. The fourth-order valence-electron chi connectivity index (χ4n) is 2.22. The molecule has 0 fully saturated rings. The lowest BCUT2D eigenvalue weighted by Gasteiger charge is -2.14. The SMILES string of the molecule is CC(=O)c1ccc(NCCC(=O)Nc2ccc(Cl)cc2C(F)(F)F)cc1. The van der Waals surface area contributed by atoms with Gasteiger partial charge in [-0.3, -0.25) is 9.59 Å². The Morgan fingerprint density at radius 2 is 1.73 bits per heavy atom. The van der Waals surface area contributed by atoms with E-state index in [1.807, 2.05) is 0 Å². The normalized spacial score (nSPS) is 11.1. The van der Waals surface area contributed by atoms with Crippen LogP contribution in [0.15, 0.2) is 42.5 Å². The van der Waals surface area contributed by atoms with Crippen molar-refractivity contribution >= 4 is 34.7 Å². The number of carbonyl (C=O) groups is 2. The van der Waals surface area contributed by atoms with Crippen LogP contribution < -0.4 is 10.6 Å². The lowest BCUT2D eigenvalue weighted by Crippen LogP contribution is -2.19. The summed E-state index contributed by atoms with van der Waals surface area (Å²) in [6, 6.07) is 9.84. The summed E-state index contributed by atoms with van der Waals surface area (Å²) in [5.41, 5.74) is -0.0650. The van der Waals surface area contributed by atoms with Gasteiger partial charge in [0.25, 0.3) is 0 Å². The third-order valence-electron chi connectivity index (χ3n) is 3.53. The van der Waals surface area contributed by atoms with E-state index in [1.165, 1.54) is 13.0 Å². The maximum absolute atomic E-state index is 13.0. The number of ketones is 1. The van der Waals surface area contributed by atoms with Crippen LogP contribution in [0.4, 0.5) is 24.5 Å². The average Bonchev–Trinajstić information content (AvgIpc) is 2.56. The average molecular weight is 385 g/mol. The highest BCUT2D eigenvalue weighted by Crippen LogP contribution is 2.36. The number of carbonyl (C=O) groups excluding carboxylic acids is 2. The van der Waals surface area contributed by atoms with Crippen molar-refractivity contribution in [3.05, 3.63) is 58.6 Å². The smallest absolute Gasteiger partial charge is 0.385 e. The fourth-order valence-corrected chi connectivity index (χ4v) is 2.39. The van der Waals surface area contributed by atoms with Crippen molar-refractivity contribution in [1.29, 1.82) is 0 Å². The van der Waals surface area contributed by atoms with Gasteiger partial charge in [-0.25, -0.2) is 0 Å². The molecule has 138 valence electrons. The molecule has 2 rings (SSSR count). The molecule has 0 radical (unpaired) electrons. The van der Waals surface area contributed by atoms with Gasteiger partial charge in [0.2, 0.25) is 5.91 Å². The quantitative estimate of drug-likeness (QED) is 0.689. The second-order valence-corrected chi connectivity index (χ2v) is 5.98. The third-order valence-corrected chi connectivity index (χ3v) is 3.77. The molecule has 4 nitrogen and oxygen atoms in total. The van der Waals surface area contributed by atoms with Gasteiger partial charge in [0, 0.05) is 29.2 Å². The third kappa shape index (κ3) is 5.49. The Kier molecular flexibility index (Phi) is 6.26. The Morgan fingerprint density at radius 1 is 1.08 bits per heavy atom. The van der Waals surface area contributed by atoms with Gasteiger partial charge in [-0.1, -0.05) is 11.6 Å². The number of hydrogen-bond donors (Lipinski definition) is 2. The first-order chi connectivity index (χ1) is 12.2. The molecule has 0 unspecified atom stereocenters. The van der Waals surface area contributed by atoms with Crippen LogP contribution in [-0.4, -0.2) is 18.2 Å². The zero-order valence-corrected chi connectivity index (χ0v) is 14.5. The van der Waals surface area contributed by atoms with E-state index < -0.39 is 17.6 Å². The van der Waals surface area contributed by atoms with Crippen LogP contribution in [-0.2, 0) is 11.0 Å². The van der Waals surface area contributed by atoms with E-state index in [0.717, 1.165) is 12.1 Å². The van der Waals surface area contributed by atoms with Gasteiger partial charge in [-0.15, -0.1) is 0 Å². The fraction of sp³-hybridized carbons (Fsp3) is 0.222. The molecular formula is C18H16ClF3N2O2. The highest BCUT2D eigenvalue weighted by Gasteiger charge is 2.34. The van der Waals surface area contributed by atoms with Crippen molar-refractivity contribution < 1.29 is 22.8 Å². The number of alkyl halides is 3. The van der Waals surface area contributed by atoms with Crippen LogP contribution >= 0.6 is 11.6 Å². The number of anilines is 2. The molecule has 1 amide bonds. The topological polar surface area (TPSA) is 58.2 Å². The minimum absolute atomic E-state index is 0.0333. The Morgan fingerprint density at radius 3 is 2.31 bits per heavy atom. The van der Waals surface area contributed by atoms with Crippen LogP contribution in [0.1, 0.15) is 29.3 Å². The summed E-state index contributed by atoms with van der Waals surface area (Å²) in [7, 11) is 0. The minimum atomic E-state index is -4.62. The molecule has 0 saturated heterocycles. The molecule has 26 heavy (non-hydrogen) atoms. The predicted molar refractivity (Wildman–Crippen MR) is 94.6 cm³/mol. The molecule has 0 aliphatic carbocycles. The second kappa shape index (κ2) is 8.23. The van der Waals surface area contributed by atoms with Gasteiger partial charge in [0.15, 0.2) is 5.78 Å². The molecule has 0 heterocycles. The number of halogens is 4. The first-order valence-corrected chi connectivity index (χ1v) is 8.06. The number of amides is 1. The number of nitrogens with one attached hydrogen (secondary N) is 2. The maximum Gasteiger partial charge on any atom is 0.418 e. The summed E-state index contributed by atoms with van der Waals surface area (Å²) < 4.78 is 39.0. The number of hydrogen-bond acceptors (Lipinski definition) is 3. The summed E-state index contributed by atoms with van der Waals surface area (Å²) in [4.78, 5) is 23.1. The van der Waals surface area contributed by atoms with Gasteiger partial charge >= 0.3 is 6.18 Å². The first kappa shape index (κ1) is 19.8. The van der Waals surface area contributed by atoms with Gasteiger partial charge in [0.05, 0.1) is 11.3 Å². The van der Waals surface area contributed by atoms with E-state index in [1.54, 1.807) is 24.3 Å². The van der Waals surface area contributed by atoms with Crippen LogP contribution in [0, 0.1) is 0 Å². The highest BCUT2D eigenvalue weighted by atomic mass is 35.5. The van der Waals surface area contributed by atoms with Crippen molar-refractivity contribution in [3.8, 4) is 0 Å². The Bertz CT molecular complexity index is 805. The van der Waals surface area contributed by atoms with Crippen LogP contribution in [0.3, 0.4) is 0 Å². The van der Waals surface area contributed by atoms with E-state index in [9.17, 15) is 22.8 Å². The van der Waals surface area contributed by atoms with Crippen molar-refractivity contribution in [1.82, 2.24) is 0 Å². The zero-order valence-electron chi connectivity index (χ0n) is 13.8. The molecule has 0 bridgehead atoms. The van der Waals surface area contributed by atoms with Crippen LogP contribution in [0.2, 0.25) is 5.02 Å². The molecule has 0 spiro atoms. The summed E-state index contributed by atoms with van der Waals surface area (Å²) in [6.07, 6.45) is -4.65. The van der Waals surface area contributed by atoms with Gasteiger partial charge in [-0.05, 0) is 49.4 Å². The van der Waals surface area contributed by atoms with Crippen molar-refractivity contribution in [2.24, 2.45) is 0 Å². The minimum Gasteiger partial charge on any atom is -0.385 e. The van der Waals surface area contributed by atoms with Crippen LogP contribution in [0.5, 0.6) is 0 Å². The number of rotatable bonds is 6. The molecule has 2 aromatic rings. The second-order valence-electron chi connectivity index (χ2n) is 5.55.